The molecule has 1 aliphatic rings. The van der Waals surface area contributed by atoms with Gasteiger partial charge in [0.25, 0.3) is 0 Å². The van der Waals surface area contributed by atoms with E-state index in [1.54, 1.807) is 54.6 Å². The minimum Gasteiger partial charge on any atom is -0.308 e. The van der Waals surface area contributed by atoms with Crippen molar-refractivity contribution in [1.82, 2.24) is 14.5 Å². The molecule has 1 heterocycles. The van der Waals surface area contributed by atoms with Gasteiger partial charge >= 0.3 is 6.03 Å². The third-order valence-electron chi connectivity index (χ3n) is 4.36. The first-order valence-electron chi connectivity index (χ1n) is 8.88. The minimum absolute atomic E-state index is 0.0292. The maximum atomic E-state index is 12.6. The number of carbonyl (C=O) groups is 2. The molecule has 0 bridgehead atoms. The number of piperazine rings is 1. The average Bonchev–Trinajstić information content (AvgIpc) is 2.69. The lowest BCUT2D eigenvalue weighted by Crippen LogP contribution is -2.51. The summed E-state index contributed by atoms with van der Waals surface area (Å²) in [6, 6.07) is 16.5. The molecular weight excluding hydrogens is 380 g/mol. The van der Waals surface area contributed by atoms with E-state index < -0.39 is 22.0 Å². The molecule has 2 aromatic rings. The molecule has 0 atom stereocenters. The summed E-state index contributed by atoms with van der Waals surface area (Å²) < 4.78 is 26.6. The summed E-state index contributed by atoms with van der Waals surface area (Å²) in [5.41, 5.74) is 0.590. The molecule has 0 spiro atoms. The Hall–Kier alpha value is -2.75. The topological polar surface area (TPSA) is 98.8 Å². The molecule has 0 aliphatic carbocycles. The summed E-state index contributed by atoms with van der Waals surface area (Å²) in [5.74, 6) is -0.437. The van der Waals surface area contributed by atoms with Crippen LogP contribution in [-0.2, 0) is 14.8 Å². The molecule has 3 amide bonds. The fraction of sp³-hybridized carbons (Fsp3) is 0.263. The van der Waals surface area contributed by atoms with Crippen LogP contribution in [0.1, 0.15) is 0 Å². The van der Waals surface area contributed by atoms with E-state index in [1.165, 1.54) is 4.31 Å². The molecule has 0 radical (unpaired) electrons. The Labute approximate surface area is 164 Å². The molecule has 9 heteroatoms. The zero-order valence-corrected chi connectivity index (χ0v) is 16.1. The van der Waals surface area contributed by atoms with Gasteiger partial charge < -0.3 is 5.32 Å². The lowest BCUT2D eigenvalue weighted by molar-refractivity contribution is -0.121. The van der Waals surface area contributed by atoms with Crippen molar-refractivity contribution in [3.05, 3.63) is 60.7 Å². The molecule has 0 aromatic heterocycles. The first-order chi connectivity index (χ1) is 13.4. The van der Waals surface area contributed by atoms with Gasteiger partial charge in [0, 0.05) is 31.9 Å². The van der Waals surface area contributed by atoms with E-state index in [0.29, 0.717) is 31.9 Å². The summed E-state index contributed by atoms with van der Waals surface area (Å²) >= 11 is 0. The minimum atomic E-state index is -3.53. The molecule has 148 valence electrons. The highest BCUT2D eigenvalue weighted by molar-refractivity contribution is 7.89. The number of nitrogens with zero attached hydrogens (tertiary/aromatic N) is 2. The number of imide groups is 1. The number of amides is 3. The van der Waals surface area contributed by atoms with Gasteiger partial charge in [0.15, 0.2) is 0 Å². The van der Waals surface area contributed by atoms with Crippen molar-refractivity contribution in [3.63, 3.8) is 0 Å². The first-order valence-corrected chi connectivity index (χ1v) is 10.3. The molecule has 3 rings (SSSR count). The van der Waals surface area contributed by atoms with Crippen LogP contribution in [0.4, 0.5) is 10.5 Å². The van der Waals surface area contributed by atoms with Crippen LogP contribution in [0, 0.1) is 0 Å². The van der Waals surface area contributed by atoms with Crippen LogP contribution >= 0.6 is 0 Å². The molecule has 8 nitrogen and oxygen atoms in total. The van der Waals surface area contributed by atoms with Crippen molar-refractivity contribution >= 4 is 27.6 Å². The van der Waals surface area contributed by atoms with Crippen LogP contribution in [0.5, 0.6) is 0 Å². The summed E-state index contributed by atoms with van der Waals surface area (Å²) in [6.07, 6.45) is 0. The average molecular weight is 402 g/mol. The van der Waals surface area contributed by atoms with E-state index in [9.17, 15) is 18.0 Å². The van der Waals surface area contributed by atoms with Gasteiger partial charge in [0.2, 0.25) is 15.9 Å². The molecule has 1 fully saturated rings. The zero-order chi connectivity index (χ0) is 20.0. The Morgan fingerprint density at radius 3 is 2.04 bits per heavy atom. The highest BCUT2D eigenvalue weighted by Gasteiger charge is 2.29. The lowest BCUT2D eigenvalue weighted by Gasteiger charge is -2.33. The maximum Gasteiger partial charge on any atom is 0.325 e. The van der Waals surface area contributed by atoms with Gasteiger partial charge in [0.1, 0.15) is 0 Å². The summed E-state index contributed by atoms with van der Waals surface area (Å²) in [5, 5.41) is 4.86. The van der Waals surface area contributed by atoms with Crippen LogP contribution in [-0.4, -0.2) is 62.3 Å². The Balaban J connectivity index is 1.46. The van der Waals surface area contributed by atoms with Gasteiger partial charge in [-0.25, -0.2) is 13.2 Å². The highest BCUT2D eigenvalue weighted by Crippen LogP contribution is 2.17. The number of urea groups is 1. The van der Waals surface area contributed by atoms with Crippen molar-refractivity contribution in [2.45, 2.75) is 4.90 Å². The molecule has 2 N–H and O–H groups in total. The summed E-state index contributed by atoms with van der Waals surface area (Å²) in [6.45, 7) is 1.45. The quantitative estimate of drug-likeness (QED) is 0.786. The second-order valence-electron chi connectivity index (χ2n) is 6.36. The number of rotatable bonds is 5. The number of sulfonamides is 1. The van der Waals surface area contributed by atoms with Gasteiger partial charge in [-0.05, 0) is 24.3 Å². The summed E-state index contributed by atoms with van der Waals surface area (Å²) in [7, 11) is -3.53. The second-order valence-corrected chi connectivity index (χ2v) is 8.30. The standard InChI is InChI=1S/C19H22N4O4S/c24-18(21-19(25)20-16-7-3-1-4-8-16)15-22-11-13-23(14-12-22)28(26,27)17-9-5-2-6-10-17/h1-10H,11-15H2,(H2,20,21,24,25). The smallest absolute Gasteiger partial charge is 0.308 e. The number of para-hydroxylation sites is 1. The van der Waals surface area contributed by atoms with Crippen LogP contribution in [0.3, 0.4) is 0 Å². The third-order valence-corrected chi connectivity index (χ3v) is 6.28. The van der Waals surface area contributed by atoms with Crippen molar-refractivity contribution in [2.75, 3.05) is 38.0 Å². The van der Waals surface area contributed by atoms with Crippen molar-refractivity contribution in [2.24, 2.45) is 0 Å². The van der Waals surface area contributed by atoms with Crippen molar-refractivity contribution in [1.29, 1.82) is 0 Å². The van der Waals surface area contributed by atoms with Gasteiger partial charge in [-0.1, -0.05) is 36.4 Å². The first kappa shape index (κ1) is 20.0. The number of carbonyl (C=O) groups excluding carboxylic acids is 2. The van der Waals surface area contributed by atoms with Crippen LogP contribution < -0.4 is 10.6 Å². The predicted molar refractivity (Wildman–Crippen MR) is 105 cm³/mol. The monoisotopic (exact) mass is 402 g/mol. The highest BCUT2D eigenvalue weighted by atomic mass is 32.2. The molecule has 0 unspecified atom stereocenters. The Kier molecular flexibility index (Phi) is 6.40. The molecule has 28 heavy (non-hydrogen) atoms. The molecule has 1 saturated heterocycles. The van der Waals surface area contributed by atoms with Crippen molar-refractivity contribution < 1.29 is 18.0 Å². The fourth-order valence-corrected chi connectivity index (χ4v) is 4.37. The second kappa shape index (κ2) is 8.96. The van der Waals surface area contributed by atoms with Crippen LogP contribution in [0.2, 0.25) is 0 Å². The van der Waals surface area contributed by atoms with E-state index in [0.717, 1.165) is 0 Å². The van der Waals surface area contributed by atoms with Crippen LogP contribution in [0.15, 0.2) is 65.6 Å². The van der Waals surface area contributed by atoms with E-state index in [1.807, 2.05) is 11.0 Å². The number of benzene rings is 2. The lowest BCUT2D eigenvalue weighted by atomic mass is 10.3. The number of hydrogen-bond acceptors (Lipinski definition) is 5. The van der Waals surface area contributed by atoms with E-state index in [2.05, 4.69) is 10.6 Å². The number of anilines is 1. The zero-order valence-electron chi connectivity index (χ0n) is 15.2. The number of hydrogen-bond donors (Lipinski definition) is 2. The van der Waals surface area contributed by atoms with E-state index in [4.69, 9.17) is 0 Å². The molecule has 2 aromatic carbocycles. The largest absolute Gasteiger partial charge is 0.325 e. The van der Waals surface area contributed by atoms with Gasteiger partial charge in [-0.3, -0.25) is 15.0 Å². The maximum absolute atomic E-state index is 12.6. The van der Waals surface area contributed by atoms with E-state index >= 15 is 0 Å². The Morgan fingerprint density at radius 2 is 1.43 bits per heavy atom. The normalized spacial score (nSPS) is 15.7. The Morgan fingerprint density at radius 1 is 0.857 bits per heavy atom. The molecule has 0 saturated carbocycles. The summed E-state index contributed by atoms with van der Waals surface area (Å²) in [4.78, 5) is 26.0. The van der Waals surface area contributed by atoms with Crippen molar-refractivity contribution in [3.8, 4) is 0 Å². The van der Waals surface area contributed by atoms with Gasteiger partial charge in [0.05, 0.1) is 11.4 Å². The SMILES string of the molecule is O=C(CN1CCN(S(=O)(=O)c2ccccc2)CC1)NC(=O)Nc1ccccc1. The van der Waals surface area contributed by atoms with Crippen LogP contribution in [0.25, 0.3) is 0 Å². The fourth-order valence-electron chi connectivity index (χ4n) is 2.92. The predicted octanol–water partition coefficient (Wildman–Crippen LogP) is 1.34. The van der Waals surface area contributed by atoms with Gasteiger partial charge in [-0.2, -0.15) is 4.31 Å². The molecular formula is C19H22N4O4S. The molecule has 1 aliphatic heterocycles. The Bertz CT molecular complexity index is 911. The third kappa shape index (κ3) is 5.16. The van der Waals surface area contributed by atoms with Gasteiger partial charge in [-0.15, -0.1) is 0 Å². The van der Waals surface area contributed by atoms with E-state index in [-0.39, 0.29) is 11.4 Å². The number of nitrogens with one attached hydrogen (secondary N) is 2.